The summed E-state index contributed by atoms with van der Waals surface area (Å²) in [5.74, 6) is 7.00. The maximum Gasteiger partial charge on any atom is 0.269 e. The third-order valence-electron chi connectivity index (χ3n) is 3.91. The van der Waals surface area contributed by atoms with Crippen LogP contribution in [0.5, 0.6) is 0 Å². The summed E-state index contributed by atoms with van der Waals surface area (Å²) in [4.78, 5) is 24.0. The predicted octanol–water partition coefficient (Wildman–Crippen LogP) is 2.22. The van der Waals surface area contributed by atoms with Crippen molar-refractivity contribution in [2.45, 2.75) is 12.1 Å². The van der Waals surface area contributed by atoms with E-state index < -0.39 is 4.92 Å². The zero-order valence-electron chi connectivity index (χ0n) is 14.5. The lowest BCUT2D eigenvalue weighted by Crippen LogP contribution is -2.28. The highest BCUT2D eigenvalue weighted by molar-refractivity contribution is 7.99. The van der Waals surface area contributed by atoms with Gasteiger partial charge < -0.3 is 15.2 Å². The van der Waals surface area contributed by atoms with Crippen LogP contribution in [-0.2, 0) is 4.79 Å². The van der Waals surface area contributed by atoms with Crippen LogP contribution in [0.1, 0.15) is 5.76 Å². The van der Waals surface area contributed by atoms with Gasteiger partial charge in [0.2, 0.25) is 11.1 Å². The number of carbonyl (C=O) groups is 1. The number of non-ortho nitro benzene ring substituents is 1. The Hall–Kier alpha value is -3.34. The Morgan fingerprint density at radius 2 is 2.04 bits per heavy atom. The monoisotopic (exact) mass is 388 g/mol. The fourth-order valence-corrected chi connectivity index (χ4v) is 3.11. The van der Waals surface area contributed by atoms with Crippen LogP contribution < -0.4 is 10.7 Å². The first-order valence-corrected chi connectivity index (χ1v) is 8.76. The number of nitrogens with two attached hydrogens (primary N) is 1. The molecule has 2 N–H and O–H groups in total. The number of rotatable bonds is 6. The molecule has 3 aromatic rings. The number of furan rings is 1. The molecule has 0 bridgehead atoms. The Bertz CT molecular complexity index is 981. The average Bonchev–Trinajstić information content (AvgIpc) is 3.24. The number of nitro benzene ring substituents is 1. The molecule has 0 aliphatic rings. The molecule has 0 spiro atoms. The van der Waals surface area contributed by atoms with Gasteiger partial charge in [-0.2, -0.15) is 0 Å². The third kappa shape index (κ3) is 3.77. The summed E-state index contributed by atoms with van der Waals surface area (Å²) in [6.45, 7) is 1.79. The van der Waals surface area contributed by atoms with E-state index in [2.05, 4.69) is 10.2 Å². The normalized spacial score (nSPS) is 10.7. The van der Waals surface area contributed by atoms with Gasteiger partial charge in [0.15, 0.2) is 5.82 Å². The van der Waals surface area contributed by atoms with E-state index in [0.717, 1.165) is 17.3 Å². The molecule has 0 fully saturated rings. The fraction of sp³-hybridized carbons (Fsp3) is 0.188. The second kappa shape index (κ2) is 7.50. The van der Waals surface area contributed by atoms with Gasteiger partial charge >= 0.3 is 0 Å². The summed E-state index contributed by atoms with van der Waals surface area (Å²) in [5.41, 5.74) is 1.24. The maximum absolute atomic E-state index is 12.4. The Labute approximate surface area is 158 Å². The first-order chi connectivity index (χ1) is 12.9. The maximum atomic E-state index is 12.4. The van der Waals surface area contributed by atoms with Crippen molar-refractivity contribution in [2.24, 2.45) is 0 Å². The van der Waals surface area contributed by atoms with E-state index in [1.165, 1.54) is 40.1 Å². The van der Waals surface area contributed by atoms with E-state index in [-0.39, 0.29) is 17.3 Å². The van der Waals surface area contributed by atoms with Crippen LogP contribution in [0.2, 0.25) is 0 Å². The number of aryl methyl sites for hydroxylation is 1. The molecule has 0 radical (unpaired) electrons. The fourth-order valence-electron chi connectivity index (χ4n) is 2.34. The molecular formula is C16H16N6O4S. The lowest BCUT2D eigenvalue weighted by Gasteiger charge is -2.16. The summed E-state index contributed by atoms with van der Waals surface area (Å²) in [6, 6.07) is 7.48. The lowest BCUT2D eigenvalue weighted by atomic mass is 10.2. The molecule has 2 heterocycles. The number of benzene rings is 1. The number of carbonyl (C=O) groups excluding carboxylic acids is 1. The van der Waals surface area contributed by atoms with Gasteiger partial charge in [0.1, 0.15) is 5.76 Å². The van der Waals surface area contributed by atoms with Crippen molar-refractivity contribution < 1.29 is 14.1 Å². The number of nitrogen functional groups attached to an aromatic ring is 1. The highest BCUT2D eigenvalue weighted by Gasteiger charge is 2.18. The van der Waals surface area contributed by atoms with Crippen LogP contribution >= 0.6 is 11.8 Å². The first kappa shape index (κ1) is 18.5. The highest BCUT2D eigenvalue weighted by Crippen LogP contribution is 2.25. The molecule has 11 heteroatoms. The molecule has 140 valence electrons. The molecule has 10 nitrogen and oxygen atoms in total. The number of amides is 1. The summed E-state index contributed by atoms with van der Waals surface area (Å²) >= 11 is 1.14. The number of nitro groups is 1. The van der Waals surface area contributed by atoms with Crippen molar-refractivity contribution in [1.29, 1.82) is 0 Å². The first-order valence-electron chi connectivity index (χ1n) is 7.77. The van der Waals surface area contributed by atoms with Crippen molar-refractivity contribution >= 4 is 29.0 Å². The number of aromatic nitrogens is 3. The number of anilines is 1. The van der Waals surface area contributed by atoms with E-state index in [1.807, 2.05) is 0 Å². The molecule has 27 heavy (non-hydrogen) atoms. The average molecular weight is 388 g/mol. The Morgan fingerprint density at radius 3 is 2.63 bits per heavy atom. The van der Waals surface area contributed by atoms with Gasteiger partial charge in [0, 0.05) is 24.9 Å². The van der Waals surface area contributed by atoms with Gasteiger partial charge in [-0.1, -0.05) is 11.8 Å². The molecular weight excluding hydrogens is 372 g/mol. The number of hydrogen-bond donors (Lipinski definition) is 1. The van der Waals surface area contributed by atoms with Gasteiger partial charge in [-0.3, -0.25) is 14.9 Å². The molecule has 0 unspecified atom stereocenters. The minimum absolute atomic E-state index is 0.0349. The zero-order valence-corrected chi connectivity index (χ0v) is 15.3. The van der Waals surface area contributed by atoms with E-state index in [4.69, 9.17) is 10.3 Å². The molecule has 0 atom stereocenters. The molecule has 0 saturated carbocycles. The summed E-state index contributed by atoms with van der Waals surface area (Å²) in [5, 5.41) is 19.1. The van der Waals surface area contributed by atoms with Crippen LogP contribution in [0.25, 0.3) is 11.4 Å². The van der Waals surface area contributed by atoms with Gasteiger partial charge in [0.05, 0.1) is 22.5 Å². The van der Waals surface area contributed by atoms with Crippen molar-refractivity contribution in [1.82, 2.24) is 14.9 Å². The zero-order chi connectivity index (χ0) is 19.6. The highest BCUT2D eigenvalue weighted by atomic mass is 32.2. The van der Waals surface area contributed by atoms with E-state index >= 15 is 0 Å². The lowest BCUT2D eigenvalue weighted by molar-refractivity contribution is -0.384. The van der Waals surface area contributed by atoms with Crippen LogP contribution in [0.15, 0.2) is 46.2 Å². The molecule has 2 aromatic heterocycles. The number of nitrogens with zero attached hydrogens (tertiary/aromatic N) is 5. The van der Waals surface area contributed by atoms with Crippen molar-refractivity contribution in [3.05, 3.63) is 52.5 Å². The predicted molar refractivity (Wildman–Crippen MR) is 99.8 cm³/mol. The van der Waals surface area contributed by atoms with Crippen molar-refractivity contribution in [3.8, 4) is 11.4 Å². The molecule has 1 amide bonds. The van der Waals surface area contributed by atoms with Crippen LogP contribution in [0.4, 0.5) is 11.4 Å². The van der Waals surface area contributed by atoms with Gasteiger partial charge in [0.25, 0.3) is 5.69 Å². The van der Waals surface area contributed by atoms with E-state index in [0.29, 0.717) is 22.4 Å². The van der Waals surface area contributed by atoms with Crippen LogP contribution in [0, 0.1) is 17.0 Å². The molecule has 0 saturated heterocycles. The van der Waals surface area contributed by atoms with E-state index in [1.54, 1.807) is 20.0 Å². The Morgan fingerprint density at radius 1 is 1.33 bits per heavy atom. The molecule has 3 rings (SSSR count). The second-order valence-electron chi connectivity index (χ2n) is 5.58. The third-order valence-corrected chi connectivity index (χ3v) is 4.84. The smallest absolute Gasteiger partial charge is 0.269 e. The van der Waals surface area contributed by atoms with Crippen molar-refractivity contribution in [3.63, 3.8) is 0 Å². The topological polar surface area (TPSA) is 133 Å². The molecule has 0 aliphatic heterocycles. The SMILES string of the molecule is Cc1occc1-c1nnc(SCC(=O)N(C)c2ccc([N+](=O)[O-])cc2)n1N. The largest absolute Gasteiger partial charge is 0.469 e. The summed E-state index contributed by atoms with van der Waals surface area (Å²) in [7, 11) is 1.59. The Kier molecular flexibility index (Phi) is 5.12. The van der Waals surface area contributed by atoms with Crippen molar-refractivity contribution in [2.75, 3.05) is 23.5 Å². The van der Waals surface area contributed by atoms with Gasteiger partial charge in [-0.25, -0.2) is 4.68 Å². The molecule has 0 aliphatic carbocycles. The second-order valence-corrected chi connectivity index (χ2v) is 6.52. The van der Waals surface area contributed by atoms with Gasteiger partial charge in [-0.05, 0) is 25.1 Å². The minimum Gasteiger partial charge on any atom is -0.469 e. The Balaban J connectivity index is 1.66. The standard InChI is InChI=1S/C16H16N6O4S/c1-10-13(7-8-26-10)15-18-19-16(21(15)17)27-9-14(23)20(2)11-3-5-12(6-4-11)22(24)25/h3-8H,9,17H2,1-2H3. The van der Waals surface area contributed by atoms with Crippen LogP contribution in [0.3, 0.4) is 0 Å². The number of hydrogen-bond acceptors (Lipinski definition) is 8. The molecule has 1 aromatic carbocycles. The quantitative estimate of drug-likeness (QED) is 0.294. The van der Waals surface area contributed by atoms with Gasteiger partial charge in [-0.15, -0.1) is 10.2 Å². The number of thioether (sulfide) groups is 1. The minimum atomic E-state index is -0.491. The summed E-state index contributed by atoms with van der Waals surface area (Å²) in [6.07, 6.45) is 1.54. The van der Waals surface area contributed by atoms with Crippen LogP contribution in [-0.4, -0.2) is 38.5 Å². The van der Waals surface area contributed by atoms with E-state index in [9.17, 15) is 14.9 Å². The summed E-state index contributed by atoms with van der Waals surface area (Å²) < 4.78 is 6.55.